The van der Waals surface area contributed by atoms with E-state index in [4.69, 9.17) is 4.74 Å². The van der Waals surface area contributed by atoms with Gasteiger partial charge in [0.25, 0.3) is 5.91 Å². The van der Waals surface area contributed by atoms with E-state index >= 15 is 0 Å². The van der Waals surface area contributed by atoms with Gasteiger partial charge >= 0.3 is 6.09 Å². The van der Waals surface area contributed by atoms with Crippen molar-refractivity contribution >= 4 is 12.0 Å². The first-order valence-corrected chi connectivity index (χ1v) is 10.3. The maximum Gasteiger partial charge on any atom is 0.410 e. The summed E-state index contributed by atoms with van der Waals surface area (Å²) in [5.74, 6) is -0.152. The number of carbonyl (C=O) groups excluding carboxylic acids is 2. The van der Waals surface area contributed by atoms with Crippen LogP contribution in [0.1, 0.15) is 40.0 Å². The molecule has 0 saturated carbocycles. The molecule has 4 atom stereocenters. The van der Waals surface area contributed by atoms with Gasteiger partial charge in [-0.2, -0.15) is 0 Å². The SMILES string of the molecule is CC1=C2CC3(C)C(=CC(O)C(OC(=O)N4CCC(F)CC4)C3C)C=C2N(C)C1=O. The molecule has 0 radical (unpaired) electrons. The lowest BCUT2D eigenvalue weighted by molar-refractivity contribution is -0.123. The maximum atomic E-state index is 13.4. The molecule has 0 aromatic rings. The highest BCUT2D eigenvalue weighted by Gasteiger charge is 2.51. The Hall–Kier alpha value is -2.15. The van der Waals surface area contributed by atoms with Crippen molar-refractivity contribution in [1.29, 1.82) is 0 Å². The number of aliphatic hydroxyl groups excluding tert-OH is 1. The fourth-order valence-corrected chi connectivity index (χ4v) is 5.07. The lowest BCUT2D eigenvalue weighted by atomic mass is 9.59. The number of hydrogen-bond acceptors (Lipinski definition) is 4. The van der Waals surface area contributed by atoms with Gasteiger partial charge in [-0.05, 0) is 49.5 Å². The Morgan fingerprint density at radius 1 is 1.34 bits per heavy atom. The minimum absolute atomic E-state index is 0.00143. The Kier molecular flexibility index (Phi) is 4.84. The number of fused-ring (bicyclic) bond motifs is 2. The summed E-state index contributed by atoms with van der Waals surface area (Å²) in [7, 11) is 1.77. The molecule has 4 aliphatic rings. The molecule has 4 rings (SSSR count). The van der Waals surface area contributed by atoms with E-state index in [1.54, 1.807) is 18.0 Å². The number of rotatable bonds is 1. The Morgan fingerprint density at radius 3 is 2.66 bits per heavy atom. The van der Waals surface area contributed by atoms with Gasteiger partial charge in [0.2, 0.25) is 0 Å². The van der Waals surface area contributed by atoms with Crippen LogP contribution in [0.5, 0.6) is 0 Å². The molecule has 1 N–H and O–H groups in total. The van der Waals surface area contributed by atoms with Gasteiger partial charge in [0, 0.05) is 42.7 Å². The molecule has 2 aliphatic carbocycles. The Balaban J connectivity index is 1.59. The standard InChI is InChI=1S/C22H29FN2O4/c1-12-16-11-22(3)13(2)19(29-21(28)25-7-5-15(23)6-8-25)18(26)10-14(22)9-17(16)24(4)20(12)27/h9-10,13,15,18-19,26H,5-8,11H2,1-4H3. The number of ether oxygens (including phenoxy) is 1. The highest BCUT2D eigenvalue weighted by Crippen LogP contribution is 2.54. The molecule has 4 unspecified atom stereocenters. The Morgan fingerprint density at radius 2 is 2.00 bits per heavy atom. The van der Waals surface area contributed by atoms with E-state index in [-0.39, 0.29) is 17.2 Å². The maximum absolute atomic E-state index is 13.4. The summed E-state index contributed by atoms with van der Waals surface area (Å²) in [6.07, 6.45) is 2.05. The number of piperidine rings is 1. The second-order valence-electron chi connectivity index (χ2n) is 9.00. The summed E-state index contributed by atoms with van der Waals surface area (Å²) >= 11 is 0. The van der Waals surface area contributed by atoms with Crippen molar-refractivity contribution in [1.82, 2.24) is 9.80 Å². The first-order valence-electron chi connectivity index (χ1n) is 10.3. The number of allylic oxidation sites excluding steroid dienone is 3. The van der Waals surface area contributed by atoms with Gasteiger partial charge in [0.15, 0.2) is 0 Å². The van der Waals surface area contributed by atoms with Crippen LogP contribution in [0, 0.1) is 11.3 Å². The van der Waals surface area contributed by atoms with Crippen molar-refractivity contribution in [3.8, 4) is 0 Å². The number of likely N-dealkylation sites (tertiary alicyclic amines) is 1. The van der Waals surface area contributed by atoms with E-state index in [1.165, 1.54) is 4.90 Å². The van der Waals surface area contributed by atoms with Crippen molar-refractivity contribution < 1.29 is 23.8 Å². The average Bonchev–Trinajstić information content (AvgIpc) is 2.89. The molecule has 1 saturated heterocycles. The molecule has 158 valence electrons. The van der Waals surface area contributed by atoms with Crippen LogP contribution in [-0.2, 0) is 9.53 Å². The predicted molar refractivity (Wildman–Crippen MR) is 106 cm³/mol. The zero-order chi connectivity index (χ0) is 21.1. The van der Waals surface area contributed by atoms with E-state index in [0.717, 1.165) is 22.4 Å². The second-order valence-corrected chi connectivity index (χ2v) is 9.00. The van der Waals surface area contributed by atoms with E-state index < -0.39 is 24.5 Å². The van der Waals surface area contributed by atoms with Gasteiger partial charge < -0.3 is 19.6 Å². The van der Waals surface area contributed by atoms with Crippen LogP contribution < -0.4 is 0 Å². The van der Waals surface area contributed by atoms with Crippen molar-refractivity contribution in [3.05, 3.63) is 34.6 Å². The summed E-state index contributed by atoms with van der Waals surface area (Å²) in [5, 5.41) is 10.7. The Bertz CT molecular complexity index is 840. The molecule has 1 fully saturated rings. The summed E-state index contributed by atoms with van der Waals surface area (Å²) in [4.78, 5) is 28.2. The number of aliphatic hydroxyl groups is 1. The lowest BCUT2D eigenvalue weighted by Crippen LogP contribution is -2.51. The van der Waals surface area contributed by atoms with Gasteiger partial charge in [-0.1, -0.05) is 13.8 Å². The first kappa shape index (κ1) is 20.1. The van der Waals surface area contributed by atoms with Gasteiger partial charge in [-0.25, -0.2) is 9.18 Å². The fourth-order valence-electron chi connectivity index (χ4n) is 5.07. The molecule has 6 nitrogen and oxygen atoms in total. The minimum Gasteiger partial charge on any atom is -0.443 e. The quantitative estimate of drug-likeness (QED) is 0.730. The van der Waals surface area contributed by atoms with Crippen LogP contribution in [0.25, 0.3) is 0 Å². The normalized spacial score (nSPS) is 35.2. The molecule has 7 heteroatoms. The van der Waals surface area contributed by atoms with Gasteiger partial charge in [-0.15, -0.1) is 0 Å². The molecule has 0 bridgehead atoms. The molecule has 0 aromatic carbocycles. The highest BCUT2D eigenvalue weighted by atomic mass is 19.1. The smallest absolute Gasteiger partial charge is 0.410 e. The predicted octanol–water partition coefficient (Wildman–Crippen LogP) is 2.94. The zero-order valence-corrected chi connectivity index (χ0v) is 17.4. The molecule has 2 aliphatic heterocycles. The van der Waals surface area contributed by atoms with Gasteiger partial charge in [0.1, 0.15) is 18.4 Å². The number of carbonyl (C=O) groups is 2. The number of nitrogens with zero attached hydrogens (tertiary/aromatic N) is 2. The number of halogens is 1. The summed E-state index contributed by atoms with van der Waals surface area (Å²) in [6.45, 7) is 6.60. The van der Waals surface area contributed by atoms with Gasteiger partial charge in [0.05, 0.1) is 0 Å². The largest absolute Gasteiger partial charge is 0.443 e. The number of alkyl halides is 1. The summed E-state index contributed by atoms with van der Waals surface area (Å²) < 4.78 is 19.1. The molecular formula is C22H29FN2O4. The van der Waals surface area contributed by atoms with Crippen molar-refractivity contribution in [3.63, 3.8) is 0 Å². The summed E-state index contributed by atoms with van der Waals surface area (Å²) in [5.41, 5.74) is 3.27. The number of amides is 2. The monoisotopic (exact) mass is 404 g/mol. The third-order valence-electron chi connectivity index (χ3n) is 7.35. The third kappa shape index (κ3) is 3.10. The average molecular weight is 404 g/mol. The third-order valence-corrected chi connectivity index (χ3v) is 7.35. The van der Waals surface area contributed by atoms with E-state index in [1.807, 2.05) is 19.9 Å². The topological polar surface area (TPSA) is 70.1 Å². The zero-order valence-electron chi connectivity index (χ0n) is 17.4. The Labute approximate surface area is 170 Å². The fraction of sp³-hybridized carbons (Fsp3) is 0.636. The number of hydrogen-bond donors (Lipinski definition) is 1. The van der Waals surface area contributed by atoms with Crippen LogP contribution >= 0.6 is 0 Å². The van der Waals surface area contributed by atoms with E-state index in [2.05, 4.69) is 6.92 Å². The van der Waals surface area contributed by atoms with Crippen LogP contribution in [0.4, 0.5) is 9.18 Å². The molecule has 29 heavy (non-hydrogen) atoms. The van der Waals surface area contributed by atoms with Gasteiger partial charge in [-0.3, -0.25) is 4.79 Å². The lowest BCUT2D eigenvalue weighted by Gasteiger charge is -2.48. The van der Waals surface area contributed by atoms with Crippen LogP contribution in [0.2, 0.25) is 0 Å². The molecule has 0 spiro atoms. The van der Waals surface area contributed by atoms with Crippen LogP contribution in [-0.4, -0.2) is 65.4 Å². The van der Waals surface area contributed by atoms with Crippen molar-refractivity contribution in [2.75, 3.05) is 20.1 Å². The molecule has 0 aromatic heterocycles. The first-order chi connectivity index (χ1) is 13.6. The van der Waals surface area contributed by atoms with E-state index in [0.29, 0.717) is 32.4 Å². The number of likely N-dealkylation sites (N-methyl/N-ethyl adjacent to an activating group) is 1. The minimum atomic E-state index is -0.929. The molecular weight excluding hydrogens is 375 g/mol. The van der Waals surface area contributed by atoms with Crippen molar-refractivity contribution in [2.24, 2.45) is 11.3 Å². The summed E-state index contributed by atoms with van der Waals surface area (Å²) in [6, 6.07) is 0. The molecule has 2 amide bonds. The van der Waals surface area contributed by atoms with Crippen LogP contribution in [0.3, 0.4) is 0 Å². The van der Waals surface area contributed by atoms with Crippen molar-refractivity contribution in [2.45, 2.75) is 58.4 Å². The van der Waals surface area contributed by atoms with Crippen LogP contribution in [0.15, 0.2) is 34.6 Å². The highest BCUT2D eigenvalue weighted by molar-refractivity contribution is 6.00. The molecule has 2 heterocycles. The second kappa shape index (κ2) is 6.97. The van der Waals surface area contributed by atoms with E-state index in [9.17, 15) is 19.1 Å².